The number of benzene rings is 1. The van der Waals surface area contributed by atoms with E-state index in [1.807, 2.05) is 19.1 Å². The largest absolute Gasteiger partial charge is 0.483 e. The van der Waals surface area contributed by atoms with Crippen LogP contribution in [0.25, 0.3) is 0 Å². The van der Waals surface area contributed by atoms with Gasteiger partial charge in [-0.2, -0.15) is 0 Å². The summed E-state index contributed by atoms with van der Waals surface area (Å²) in [5, 5.41) is 3.81. The lowest BCUT2D eigenvalue weighted by molar-refractivity contribution is -0.124. The van der Waals surface area contributed by atoms with Gasteiger partial charge in [0.2, 0.25) is 0 Å². The van der Waals surface area contributed by atoms with E-state index in [-0.39, 0.29) is 30.6 Å². The molecule has 132 valence electrons. The molecule has 1 aromatic carbocycles. The molecule has 24 heavy (non-hydrogen) atoms. The molecule has 1 amide bonds. The van der Waals surface area contributed by atoms with E-state index in [2.05, 4.69) is 19.2 Å². The molecule has 0 bridgehead atoms. The molecule has 0 radical (unpaired) electrons. The number of aryl methyl sites for hydroxylation is 1. The Morgan fingerprint density at radius 3 is 2.79 bits per heavy atom. The topological polar surface area (TPSA) is 47.6 Å². The second kappa shape index (κ2) is 7.32. The average molecular weight is 352 g/mol. The van der Waals surface area contributed by atoms with Crippen LogP contribution >= 0.6 is 11.6 Å². The lowest BCUT2D eigenvalue weighted by Gasteiger charge is -2.20. The third-order valence-corrected chi connectivity index (χ3v) is 5.25. The van der Waals surface area contributed by atoms with E-state index >= 15 is 0 Å². The highest BCUT2D eigenvalue weighted by Gasteiger charge is 2.41. The van der Waals surface area contributed by atoms with Gasteiger partial charge in [0.25, 0.3) is 5.91 Å². The molecule has 0 aromatic heterocycles. The fourth-order valence-corrected chi connectivity index (χ4v) is 3.47. The molecule has 1 saturated heterocycles. The van der Waals surface area contributed by atoms with Crippen molar-refractivity contribution >= 4 is 17.5 Å². The summed E-state index contributed by atoms with van der Waals surface area (Å²) >= 11 is 6.21. The normalized spacial score (nSPS) is 23.5. The quantitative estimate of drug-likeness (QED) is 0.847. The van der Waals surface area contributed by atoms with Crippen LogP contribution in [0.2, 0.25) is 5.02 Å². The zero-order chi connectivity index (χ0) is 17.3. The van der Waals surface area contributed by atoms with Crippen molar-refractivity contribution in [2.24, 2.45) is 5.92 Å². The van der Waals surface area contributed by atoms with Crippen molar-refractivity contribution in [3.05, 3.63) is 28.3 Å². The highest BCUT2D eigenvalue weighted by Crippen LogP contribution is 2.38. The van der Waals surface area contributed by atoms with Crippen LogP contribution in [-0.2, 0) is 9.53 Å². The van der Waals surface area contributed by atoms with Gasteiger partial charge < -0.3 is 14.8 Å². The highest BCUT2D eigenvalue weighted by molar-refractivity contribution is 6.31. The van der Waals surface area contributed by atoms with Crippen molar-refractivity contribution in [3.8, 4) is 5.75 Å². The van der Waals surface area contributed by atoms with Gasteiger partial charge >= 0.3 is 0 Å². The summed E-state index contributed by atoms with van der Waals surface area (Å²) in [6.07, 6.45) is 3.52. The number of carbonyl (C=O) groups excluding carboxylic acids is 1. The first-order chi connectivity index (χ1) is 11.5. The maximum atomic E-state index is 12.3. The Kier molecular flexibility index (Phi) is 5.36. The molecular formula is C19H26ClNO3. The molecule has 1 saturated carbocycles. The summed E-state index contributed by atoms with van der Waals surface area (Å²) in [7, 11) is 0. The standard InChI is InChI=1S/C19H26ClNO3/c1-11(2)14-9-15(20)12(3)8-17(14)24-10-18(22)21-16-6-7-23-19(16)13-4-5-13/h8-9,11,13,16,19H,4-7,10H2,1-3H3,(H,21,22)/t16-,19+/m0/s1. The molecule has 5 heteroatoms. The third-order valence-electron chi connectivity index (χ3n) is 4.84. The van der Waals surface area contributed by atoms with E-state index in [0.717, 1.165) is 34.9 Å². The second-order valence-corrected chi connectivity index (χ2v) is 7.63. The summed E-state index contributed by atoms with van der Waals surface area (Å²) in [6.45, 7) is 6.87. The van der Waals surface area contributed by atoms with Gasteiger partial charge in [0.05, 0.1) is 12.1 Å². The van der Waals surface area contributed by atoms with Gasteiger partial charge in [0.1, 0.15) is 5.75 Å². The molecule has 1 aromatic rings. The molecule has 1 N–H and O–H groups in total. The predicted molar refractivity (Wildman–Crippen MR) is 94.8 cm³/mol. The van der Waals surface area contributed by atoms with Crippen LogP contribution in [0.3, 0.4) is 0 Å². The van der Waals surface area contributed by atoms with Crippen molar-refractivity contribution in [2.45, 2.75) is 58.1 Å². The number of hydrogen-bond acceptors (Lipinski definition) is 3. The Bertz CT molecular complexity index is 613. The van der Waals surface area contributed by atoms with Gasteiger partial charge in [-0.1, -0.05) is 25.4 Å². The van der Waals surface area contributed by atoms with Gasteiger partial charge in [0, 0.05) is 11.6 Å². The summed E-state index contributed by atoms with van der Waals surface area (Å²) in [5.74, 6) is 1.57. The minimum atomic E-state index is -0.0848. The molecular weight excluding hydrogens is 326 g/mol. The van der Waals surface area contributed by atoms with Crippen molar-refractivity contribution in [2.75, 3.05) is 13.2 Å². The first-order valence-corrected chi connectivity index (χ1v) is 9.17. The van der Waals surface area contributed by atoms with Gasteiger partial charge in [-0.3, -0.25) is 4.79 Å². The lowest BCUT2D eigenvalue weighted by Crippen LogP contribution is -2.43. The SMILES string of the molecule is Cc1cc(OCC(=O)N[C@H]2CCO[C@@H]2C2CC2)c(C(C)C)cc1Cl. The molecule has 0 spiro atoms. The number of rotatable bonds is 6. The van der Waals surface area contributed by atoms with Gasteiger partial charge in [0.15, 0.2) is 6.61 Å². The molecule has 1 aliphatic carbocycles. The van der Waals surface area contributed by atoms with Crippen LogP contribution in [0.5, 0.6) is 5.75 Å². The number of nitrogens with one attached hydrogen (secondary N) is 1. The second-order valence-electron chi connectivity index (χ2n) is 7.22. The minimum Gasteiger partial charge on any atom is -0.483 e. The van der Waals surface area contributed by atoms with E-state index in [4.69, 9.17) is 21.1 Å². The van der Waals surface area contributed by atoms with Crippen LogP contribution < -0.4 is 10.1 Å². The summed E-state index contributed by atoms with van der Waals surface area (Å²) < 4.78 is 11.6. The predicted octanol–water partition coefficient (Wildman–Crippen LogP) is 3.83. The monoisotopic (exact) mass is 351 g/mol. The first-order valence-electron chi connectivity index (χ1n) is 8.79. The summed E-state index contributed by atoms with van der Waals surface area (Å²) in [5.41, 5.74) is 1.98. The molecule has 2 fully saturated rings. The highest BCUT2D eigenvalue weighted by atomic mass is 35.5. The van der Waals surface area contributed by atoms with E-state index in [0.29, 0.717) is 5.92 Å². The van der Waals surface area contributed by atoms with Crippen molar-refractivity contribution in [3.63, 3.8) is 0 Å². The molecule has 4 nitrogen and oxygen atoms in total. The fourth-order valence-electron chi connectivity index (χ4n) is 3.29. The molecule has 0 unspecified atom stereocenters. The van der Waals surface area contributed by atoms with E-state index in [9.17, 15) is 4.79 Å². The third kappa shape index (κ3) is 4.04. The Balaban J connectivity index is 1.59. The Hall–Kier alpha value is -1.26. The molecule has 1 heterocycles. The molecule has 3 rings (SSSR count). The molecule has 2 atom stereocenters. The first kappa shape index (κ1) is 17.6. The molecule has 2 aliphatic rings. The van der Waals surface area contributed by atoms with E-state index in [1.165, 1.54) is 12.8 Å². The lowest BCUT2D eigenvalue weighted by atomic mass is 10.0. The molecule has 1 aliphatic heterocycles. The van der Waals surface area contributed by atoms with Gasteiger partial charge in [-0.15, -0.1) is 0 Å². The number of carbonyl (C=O) groups is 1. The van der Waals surface area contributed by atoms with E-state index in [1.54, 1.807) is 0 Å². The van der Waals surface area contributed by atoms with E-state index < -0.39 is 0 Å². The summed E-state index contributed by atoms with van der Waals surface area (Å²) in [4.78, 5) is 12.3. The van der Waals surface area contributed by atoms with Crippen molar-refractivity contribution < 1.29 is 14.3 Å². The zero-order valence-electron chi connectivity index (χ0n) is 14.6. The number of hydrogen-bond donors (Lipinski definition) is 1. The zero-order valence-corrected chi connectivity index (χ0v) is 15.4. The van der Waals surface area contributed by atoms with Gasteiger partial charge in [-0.05, 0) is 61.3 Å². The van der Waals surface area contributed by atoms with Gasteiger partial charge in [-0.25, -0.2) is 0 Å². The van der Waals surface area contributed by atoms with Crippen LogP contribution in [0.1, 0.15) is 50.2 Å². The Morgan fingerprint density at radius 2 is 2.12 bits per heavy atom. The van der Waals surface area contributed by atoms with Crippen LogP contribution in [0.15, 0.2) is 12.1 Å². The number of amides is 1. The fraction of sp³-hybridized carbons (Fsp3) is 0.632. The van der Waals surface area contributed by atoms with Crippen LogP contribution in [0.4, 0.5) is 0 Å². The van der Waals surface area contributed by atoms with Crippen molar-refractivity contribution in [1.82, 2.24) is 5.32 Å². The smallest absolute Gasteiger partial charge is 0.258 e. The average Bonchev–Trinajstić information content (AvgIpc) is 3.28. The van der Waals surface area contributed by atoms with Crippen molar-refractivity contribution in [1.29, 1.82) is 0 Å². The number of ether oxygens (including phenoxy) is 2. The van der Waals surface area contributed by atoms with Crippen LogP contribution in [0, 0.1) is 12.8 Å². The minimum absolute atomic E-state index is 0.0225. The maximum Gasteiger partial charge on any atom is 0.258 e. The summed E-state index contributed by atoms with van der Waals surface area (Å²) in [6, 6.07) is 3.98. The maximum absolute atomic E-state index is 12.3. The Labute approximate surface area is 148 Å². The Morgan fingerprint density at radius 1 is 1.38 bits per heavy atom. The van der Waals surface area contributed by atoms with Crippen LogP contribution in [-0.4, -0.2) is 31.3 Å². The number of halogens is 1.